The van der Waals surface area contributed by atoms with Gasteiger partial charge in [-0.15, -0.1) is 0 Å². The van der Waals surface area contributed by atoms with Crippen molar-refractivity contribution in [2.45, 2.75) is 41.5 Å². The first-order chi connectivity index (χ1) is 8.26. The van der Waals surface area contributed by atoms with Crippen LogP contribution in [0.2, 0.25) is 0 Å². The number of hydrogen-bond donors (Lipinski definition) is 1. The summed E-state index contributed by atoms with van der Waals surface area (Å²) in [5.41, 5.74) is 0. The van der Waals surface area contributed by atoms with Crippen molar-refractivity contribution in [2.75, 3.05) is 45.8 Å². The van der Waals surface area contributed by atoms with E-state index >= 15 is 0 Å². The minimum absolute atomic E-state index is 0. The highest BCUT2D eigenvalue weighted by atomic mass is 16.2. The Balaban J connectivity index is 0. The summed E-state index contributed by atoms with van der Waals surface area (Å²) in [6, 6.07) is 0. The van der Waals surface area contributed by atoms with E-state index in [0.717, 1.165) is 32.7 Å². The van der Waals surface area contributed by atoms with Crippen molar-refractivity contribution < 1.29 is 4.79 Å². The Morgan fingerprint density at radius 1 is 1.06 bits per heavy atom. The van der Waals surface area contributed by atoms with E-state index in [9.17, 15) is 4.79 Å². The van der Waals surface area contributed by atoms with E-state index in [1.165, 1.54) is 13.0 Å². The van der Waals surface area contributed by atoms with E-state index in [1.54, 1.807) is 0 Å². The third-order valence-electron chi connectivity index (χ3n) is 2.75. The standard InChI is InChI=1S/C11H23N3O.C2H6.CH4/c1-3-5-13-6-8-14(9-7-13)10-11(15)12-4-2;1-2;/h3-10H2,1-2H3,(H,12,15);1-2H3;1H4. The largest absolute Gasteiger partial charge is 0.355 e. The molecule has 0 aromatic rings. The number of nitrogens with zero attached hydrogens (tertiary/aromatic N) is 2. The number of rotatable bonds is 5. The van der Waals surface area contributed by atoms with Crippen molar-refractivity contribution in [1.82, 2.24) is 15.1 Å². The van der Waals surface area contributed by atoms with Gasteiger partial charge in [0.05, 0.1) is 6.54 Å². The van der Waals surface area contributed by atoms with E-state index < -0.39 is 0 Å². The Kier molecular flexibility index (Phi) is 14.1. The van der Waals surface area contributed by atoms with Crippen molar-refractivity contribution in [3.8, 4) is 0 Å². The number of amides is 1. The molecule has 0 atom stereocenters. The van der Waals surface area contributed by atoms with Crippen molar-refractivity contribution in [1.29, 1.82) is 0 Å². The molecule has 1 heterocycles. The van der Waals surface area contributed by atoms with Gasteiger partial charge in [-0.3, -0.25) is 9.69 Å². The average molecular weight is 259 g/mol. The van der Waals surface area contributed by atoms with Crippen LogP contribution in [-0.4, -0.2) is 61.5 Å². The predicted molar refractivity (Wildman–Crippen MR) is 79.9 cm³/mol. The normalized spacial score (nSPS) is 16.2. The highest BCUT2D eigenvalue weighted by Crippen LogP contribution is 2.01. The van der Waals surface area contributed by atoms with Crippen molar-refractivity contribution in [2.24, 2.45) is 0 Å². The fourth-order valence-corrected chi connectivity index (χ4v) is 1.94. The highest BCUT2D eigenvalue weighted by molar-refractivity contribution is 5.77. The van der Waals surface area contributed by atoms with Gasteiger partial charge in [-0.05, 0) is 19.9 Å². The first-order valence-electron chi connectivity index (χ1n) is 6.97. The van der Waals surface area contributed by atoms with Crippen LogP contribution in [-0.2, 0) is 4.79 Å². The number of carbonyl (C=O) groups excluding carboxylic acids is 1. The molecule has 4 nitrogen and oxygen atoms in total. The summed E-state index contributed by atoms with van der Waals surface area (Å²) >= 11 is 0. The zero-order valence-corrected chi connectivity index (χ0v) is 12.0. The predicted octanol–water partition coefficient (Wildman–Crippen LogP) is 1.81. The molecule has 0 radical (unpaired) electrons. The molecule has 1 amide bonds. The Labute approximate surface area is 114 Å². The maximum atomic E-state index is 11.4. The lowest BCUT2D eigenvalue weighted by Gasteiger charge is -2.34. The van der Waals surface area contributed by atoms with Crippen LogP contribution in [0.15, 0.2) is 0 Å². The van der Waals surface area contributed by atoms with Crippen LogP contribution in [0.3, 0.4) is 0 Å². The number of nitrogens with one attached hydrogen (secondary N) is 1. The molecule has 0 spiro atoms. The number of likely N-dealkylation sites (N-methyl/N-ethyl adjacent to an activating group) is 1. The van der Waals surface area contributed by atoms with E-state index in [2.05, 4.69) is 22.0 Å². The molecule has 18 heavy (non-hydrogen) atoms. The second-order valence-electron chi connectivity index (χ2n) is 4.07. The third-order valence-corrected chi connectivity index (χ3v) is 2.75. The van der Waals surface area contributed by atoms with Gasteiger partial charge in [-0.1, -0.05) is 28.2 Å². The SMILES string of the molecule is C.CC.CCCN1CCN(CC(=O)NCC)CC1. The number of hydrogen-bond acceptors (Lipinski definition) is 3. The Morgan fingerprint density at radius 2 is 1.56 bits per heavy atom. The summed E-state index contributed by atoms with van der Waals surface area (Å²) in [6.45, 7) is 14.9. The van der Waals surface area contributed by atoms with Crippen LogP contribution < -0.4 is 5.32 Å². The lowest BCUT2D eigenvalue weighted by atomic mass is 10.3. The number of piperazine rings is 1. The molecule has 0 aromatic heterocycles. The zero-order chi connectivity index (χ0) is 13.1. The zero-order valence-electron chi connectivity index (χ0n) is 12.0. The quantitative estimate of drug-likeness (QED) is 0.818. The van der Waals surface area contributed by atoms with Gasteiger partial charge >= 0.3 is 0 Å². The first-order valence-corrected chi connectivity index (χ1v) is 6.97. The molecule has 0 aromatic carbocycles. The van der Waals surface area contributed by atoms with Crippen LogP contribution in [0.1, 0.15) is 41.5 Å². The maximum absolute atomic E-state index is 11.4. The van der Waals surface area contributed by atoms with Crippen LogP contribution in [0.5, 0.6) is 0 Å². The van der Waals surface area contributed by atoms with E-state index in [0.29, 0.717) is 6.54 Å². The smallest absolute Gasteiger partial charge is 0.234 e. The summed E-state index contributed by atoms with van der Waals surface area (Å²) < 4.78 is 0. The van der Waals surface area contributed by atoms with Gasteiger partial charge in [0.1, 0.15) is 0 Å². The maximum Gasteiger partial charge on any atom is 0.234 e. The van der Waals surface area contributed by atoms with Crippen molar-refractivity contribution in [3.05, 3.63) is 0 Å². The molecule has 0 saturated carbocycles. The molecule has 1 rings (SSSR count). The minimum Gasteiger partial charge on any atom is -0.355 e. The molecule has 1 aliphatic rings. The van der Waals surface area contributed by atoms with Gasteiger partial charge in [-0.25, -0.2) is 0 Å². The minimum atomic E-state index is 0. The Morgan fingerprint density at radius 3 is 2.00 bits per heavy atom. The molecule has 0 bridgehead atoms. The number of carbonyl (C=O) groups is 1. The Bertz CT molecular complexity index is 189. The Hall–Kier alpha value is -0.610. The van der Waals surface area contributed by atoms with Gasteiger partial charge < -0.3 is 10.2 Å². The monoisotopic (exact) mass is 259 g/mol. The summed E-state index contributed by atoms with van der Waals surface area (Å²) in [5, 5.41) is 2.83. The molecule has 1 fully saturated rings. The van der Waals surface area contributed by atoms with E-state index in [-0.39, 0.29) is 13.3 Å². The highest BCUT2D eigenvalue weighted by Gasteiger charge is 2.17. The molecular formula is C14H33N3O. The van der Waals surface area contributed by atoms with Gasteiger partial charge in [0.2, 0.25) is 5.91 Å². The molecule has 4 heteroatoms. The summed E-state index contributed by atoms with van der Waals surface area (Å²) in [4.78, 5) is 16.1. The summed E-state index contributed by atoms with van der Waals surface area (Å²) in [7, 11) is 0. The molecular weight excluding hydrogens is 226 g/mol. The molecule has 110 valence electrons. The van der Waals surface area contributed by atoms with E-state index in [1.807, 2.05) is 20.8 Å². The third kappa shape index (κ3) is 8.48. The van der Waals surface area contributed by atoms with Gasteiger partial charge in [0.15, 0.2) is 0 Å². The van der Waals surface area contributed by atoms with Crippen molar-refractivity contribution in [3.63, 3.8) is 0 Å². The first kappa shape index (κ1) is 19.7. The fourth-order valence-electron chi connectivity index (χ4n) is 1.94. The van der Waals surface area contributed by atoms with Gasteiger partial charge in [0.25, 0.3) is 0 Å². The molecule has 1 saturated heterocycles. The molecule has 1 aliphatic heterocycles. The molecule has 0 unspecified atom stereocenters. The van der Waals surface area contributed by atoms with Crippen molar-refractivity contribution >= 4 is 5.91 Å². The van der Waals surface area contributed by atoms with Gasteiger partial charge in [0, 0.05) is 32.7 Å². The topological polar surface area (TPSA) is 35.6 Å². The summed E-state index contributed by atoms with van der Waals surface area (Å²) in [5.74, 6) is 0.154. The van der Waals surface area contributed by atoms with Crippen LogP contribution in [0.25, 0.3) is 0 Å². The summed E-state index contributed by atoms with van der Waals surface area (Å²) in [6.07, 6.45) is 1.22. The molecule has 1 N–H and O–H groups in total. The second kappa shape index (κ2) is 12.8. The van der Waals surface area contributed by atoms with Crippen LogP contribution in [0.4, 0.5) is 0 Å². The fraction of sp³-hybridized carbons (Fsp3) is 0.929. The lowest BCUT2D eigenvalue weighted by molar-refractivity contribution is -0.122. The van der Waals surface area contributed by atoms with Gasteiger partial charge in [-0.2, -0.15) is 0 Å². The van der Waals surface area contributed by atoms with Crippen LogP contribution in [0, 0.1) is 0 Å². The van der Waals surface area contributed by atoms with Crippen LogP contribution >= 0.6 is 0 Å². The average Bonchev–Trinajstić information content (AvgIpc) is 2.35. The molecule has 0 aliphatic carbocycles. The lowest BCUT2D eigenvalue weighted by Crippen LogP contribution is -2.49. The second-order valence-corrected chi connectivity index (χ2v) is 4.07. The van der Waals surface area contributed by atoms with E-state index in [4.69, 9.17) is 0 Å².